The lowest BCUT2D eigenvalue weighted by atomic mass is 9.98. The lowest BCUT2D eigenvalue weighted by Gasteiger charge is -2.28. The van der Waals surface area contributed by atoms with E-state index >= 15 is 0 Å². The molecular weight excluding hydrogens is 266 g/mol. The van der Waals surface area contributed by atoms with E-state index in [2.05, 4.69) is 16.0 Å². The number of thiazole rings is 1. The van der Waals surface area contributed by atoms with Crippen LogP contribution in [-0.4, -0.2) is 16.4 Å². The van der Waals surface area contributed by atoms with Crippen molar-refractivity contribution in [3.05, 3.63) is 44.9 Å². The molecule has 5 heteroatoms. The van der Waals surface area contributed by atoms with E-state index in [1.165, 1.54) is 11.1 Å². The maximum absolute atomic E-state index is 6.04. The van der Waals surface area contributed by atoms with Gasteiger partial charge in [-0.25, -0.2) is 4.98 Å². The van der Waals surface area contributed by atoms with Crippen molar-refractivity contribution < 1.29 is 0 Å². The fourth-order valence-electron chi connectivity index (χ4n) is 2.35. The summed E-state index contributed by atoms with van der Waals surface area (Å²) in [6, 6.07) is 6.18. The third-order valence-corrected chi connectivity index (χ3v) is 4.37. The van der Waals surface area contributed by atoms with Gasteiger partial charge in [-0.05, 0) is 23.6 Å². The Labute approximate surface area is 115 Å². The lowest BCUT2D eigenvalue weighted by molar-refractivity contribution is 0.246. The molecule has 0 radical (unpaired) electrons. The first-order chi connectivity index (χ1) is 8.72. The van der Waals surface area contributed by atoms with Gasteiger partial charge in [0.1, 0.15) is 9.34 Å². The Morgan fingerprint density at radius 3 is 3.11 bits per heavy atom. The van der Waals surface area contributed by atoms with Crippen LogP contribution in [0.3, 0.4) is 0 Å². The summed E-state index contributed by atoms with van der Waals surface area (Å²) in [5.41, 5.74) is 9.59. The molecule has 0 spiro atoms. The molecule has 0 saturated carbocycles. The van der Waals surface area contributed by atoms with Crippen LogP contribution in [0.4, 0.5) is 5.69 Å². The van der Waals surface area contributed by atoms with Crippen LogP contribution in [0.2, 0.25) is 4.34 Å². The number of anilines is 1. The van der Waals surface area contributed by atoms with Crippen LogP contribution in [0, 0.1) is 0 Å². The molecule has 1 aliphatic rings. The summed E-state index contributed by atoms with van der Waals surface area (Å²) in [5, 5.41) is 1.07. The Balaban J connectivity index is 1.76. The van der Waals surface area contributed by atoms with Crippen LogP contribution in [0.25, 0.3) is 0 Å². The van der Waals surface area contributed by atoms with Gasteiger partial charge in [-0.2, -0.15) is 0 Å². The highest BCUT2D eigenvalue weighted by atomic mass is 35.5. The molecule has 0 bridgehead atoms. The standard InChI is InChI=1S/C13H14ClN3S/c14-12-6-16-13(18-12)8-17-5-4-9-2-1-3-11(15)10(9)7-17/h1-3,6H,4-5,7-8,15H2. The highest BCUT2D eigenvalue weighted by Gasteiger charge is 2.18. The largest absolute Gasteiger partial charge is 0.398 e. The minimum Gasteiger partial charge on any atom is -0.398 e. The van der Waals surface area contributed by atoms with Crippen LogP contribution in [0.15, 0.2) is 24.4 Å². The zero-order valence-corrected chi connectivity index (χ0v) is 11.5. The molecule has 0 unspecified atom stereocenters. The maximum Gasteiger partial charge on any atom is 0.113 e. The van der Waals surface area contributed by atoms with E-state index in [1.54, 1.807) is 17.5 Å². The molecule has 2 N–H and O–H groups in total. The van der Waals surface area contributed by atoms with E-state index in [1.807, 2.05) is 12.1 Å². The van der Waals surface area contributed by atoms with Gasteiger partial charge in [-0.15, -0.1) is 11.3 Å². The molecule has 3 nitrogen and oxygen atoms in total. The number of benzene rings is 1. The van der Waals surface area contributed by atoms with Crippen molar-refractivity contribution in [1.29, 1.82) is 0 Å². The number of nitrogen functional groups attached to an aromatic ring is 1. The zero-order chi connectivity index (χ0) is 12.5. The topological polar surface area (TPSA) is 42.1 Å². The van der Waals surface area contributed by atoms with Crippen molar-refractivity contribution >= 4 is 28.6 Å². The molecule has 3 rings (SSSR count). The van der Waals surface area contributed by atoms with E-state index < -0.39 is 0 Å². The Hall–Kier alpha value is -1.10. The summed E-state index contributed by atoms with van der Waals surface area (Å²) < 4.78 is 0.752. The normalized spacial score (nSPS) is 15.6. The number of nitrogens with zero attached hydrogens (tertiary/aromatic N) is 2. The molecule has 0 saturated heterocycles. The Bertz CT molecular complexity index is 567. The average molecular weight is 280 g/mol. The minimum absolute atomic E-state index is 0.752. The second kappa shape index (κ2) is 4.88. The van der Waals surface area contributed by atoms with Crippen molar-refractivity contribution in [3.63, 3.8) is 0 Å². The molecule has 2 heterocycles. The van der Waals surface area contributed by atoms with E-state index in [0.717, 1.165) is 41.1 Å². The monoisotopic (exact) mass is 279 g/mol. The first-order valence-electron chi connectivity index (χ1n) is 5.91. The molecule has 0 amide bonds. The van der Waals surface area contributed by atoms with Crippen molar-refractivity contribution in [2.45, 2.75) is 19.5 Å². The van der Waals surface area contributed by atoms with E-state index in [-0.39, 0.29) is 0 Å². The second-order valence-corrected chi connectivity index (χ2v) is 6.25. The smallest absolute Gasteiger partial charge is 0.113 e. The third kappa shape index (κ3) is 2.36. The summed E-state index contributed by atoms with van der Waals surface area (Å²) in [5.74, 6) is 0. The third-order valence-electron chi connectivity index (χ3n) is 3.27. The van der Waals surface area contributed by atoms with E-state index in [0.29, 0.717) is 0 Å². The predicted molar refractivity (Wildman–Crippen MR) is 75.8 cm³/mol. The molecule has 1 aromatic carbocycles. The van der Waals surface area contributed by atoms with Crippen LogP contribution in [0.5, 0.6) is 0 Å². The highest BCUT2D eigenvalue weighted by Crippen LogP contribution is 2.26. The van der Waals surface area contributed by atoms with Crippen LogP contribution in [-0.2, 0) is 19.5 Å². The van der Waals surface area contributed by atoms with Crippen molar-refractivity contribution in [1.82, 2.24) is 9.88 Å². The predicted octanol–water partition coefficient (Wildman–Crippen LogP) is 2.94. The van der Waals surface area contributed by atoms with Gasteiger partial charge in [0.15, 0.2) is 0 Å². The number of halogens is 1. The first-order valence-corrected chi connectivity index (χ1v) is 7.10. The zero-order valence-electron chi connectivity index (χ0n) is 9.90. The van der Waals surface area contributed by atoms with E-state index in [4.69, 9.17) is 17.3 Å². The van der Waals surface area contributed by atoms with Crippen molar-refractivity contribution in [2.75, 3.05) is 12.3 Å². The maximum atomic E-state index is 6.04. The molecule has 1 aromatic heterocycles. The number of rotatable bonds is 2. The summed E-state index contributed by atoms with van der Waals surface area (Å²) in [4.78, 5) is 6.67. The quantitative estimate of drug-likeness (QED) is 0.860. The number of hydrogen-bond donors (Lipinski definition) is 1. The van der Waals surface area contributed by atoms with Gasteiger partial charge in [0.2, 0.25) is 0 Å². The molecule has 0 aliphatic carbocycles. The number of nitrogens with two attached hydrogens (primary N) is 1. The van der Waals surface area contributed by atoms with Crippen LogP contribution in [0.1, 0.15) is 16.1 Å². The van der Waals surface area contributed by atoms with Gasteiger partial charge < -0.3 is 5.73 Å². The minimum atomic E-state index is 0.752. The SMILES string of the molecule is Nc1cccc2c1CN(Cc1ncc(Cl)s1)CC2. The molecule has 2 aromatic rings. The molecule has 1 aliphatic heterocycles. The van der Waals surface area contributed by atoms with Gasteiger partial charge in [0.25, 0.3) is 0 Å². The van der Waals surface area contributed by atoms with E-state index in [9.17, 15) is 0 Å². The van der Waals surface area contributed by atoms with Gasteiger partial charge in [-0.3, -0.25) is 4.90 Å². The summed E-state index contributed by atoms with van der Waals surface area (Å²) >= 11 is 7.45. The summed E-state index contributed by atoms with van der Waals surface area (Å²) in [6.07, 6.45) is 2.77. The van der Waals surface area contributed by atoms with Gasteiger partial charge in [0.05, 0.1) is 12.7 Å². The Morgan fingerprint density at radius 2 is 2.33 bits per heavy atom. The fourth-order valence-corrected chi connectivity index (χ4v) is 3.35. The molecule has 0 fully saturated rings. The molecule has 94 valence electrons. The summed E-state index contributed by atoms with van der Waals surface area (Å²) in [6.45, 7) is 2.80. The summed E-state index contributed by atoms with van der Waals surface area (Å²) in [7, 11) is 0. The average Bonchev–Trinajstić information content (AvgIpc) is 2.76. The second-order valence-electron chi connectivity index (χ2n) is 4.50. The molecule has 0 atom stereocenters. The number of hydrogen-bond acceptors (Lipinski definition) is 4. The van der Waals surface area contributed by atoms with Gasteiger partial charge in [-0.1, -0.05) is 23.7 Å². The van der Waals surface area contributed by atoms with Crippen LogP contribution < -0.4 is 5.73 Å². The fraction of sp³-hybridized carbons (Fsp3) is 0.308. The van der Waals surface area contributed by atoms with Crippen LogP contribution >= 0.6 is 22.9 Å². The highest BCUT2D eigenvalue weighted by molar-refractivity contribution is 7.15. The number of aromatic nitrogens is 1. The van der Waals surface area contributed by atoms with Gasteiger partial charge >= 0.3 is 0 Å². The number of fused-ring (bicyclic) bond motifs is 1. The molecule has 18 heavy (non-hydrogen) atoms. The first kappa shape index (κ1) is 12.0. The Morgan fingerprint density at radius 1 is 1.44 bits per heavy atom. The molecular formula is C13H14ClN3S. The van der Waals surface area contributed by atoms with Gasteiger partial charge in [0, 0.05) is 18.8 Å². The van der Waals surface area contributed by atoms with Crippen molar-refractivity contribution in [3.8, 4) is 0 Å². The lowest BCUT2D eigenvalue weighted by Crippen LogP contribution is -2.30. The Kier molecular flexibility index (Phi) is 3.24. The van der Waals surface area contributed by atoms with Crippen molar-refractivity contribution in [2.24, 2.45) is 0 Å².